The molecule has 0 aliphatic carbocycles. The third-order valence-corrected chi connectivity index (χ3v) is 2.27. The summed E-state index contributed by atoms with van der Waals surface area (Å²) in [4.78, 5) is 0. The second-order valence-electron chi connectivity index (χ2n) is 3.22. The van der Waals surface area contributed by atoms with Crippen molar-refractivity contribution in [1.82, 2.24) is 0 Å². The van der Waals surface area contributed by atoms with Crippen molar-refractivity contribution < 1.29 is 4.39 Å². The van der Waals surface area contributed by atoms with Crippen molar-refractivity contribution in [2.45, 2.75) is 25.8 Å². The first-order valence-corrected chi connectivity index (χ1v) is 4.67. The molecule has 0 aromatic heterocycles. The summed E-state index contributed by atoms with van der Waals surface area (Å²) >= 11 is 5.83. The van der Waals surface area contributed by atoms with E-state index >= 15 is 0 Å². The van der Waals surface area contributed by atoms with E-state index in [0.29, 0.717) is 17.0 Å². The summed E-state index contributed by atoms with van der Waals surface area (Å²) < 4.78 is 13.2. The van der Waals surface area contributed by atoms with Crippen molar-refractivity contribution in [3.63, 3.8) is 0 Å². The normalized spacial score (nSPS) is 12.9. The van der Waals surface area contributed by atoms with E-state index in [1.54, 1.807) is 12.1 Å². The fourth-order valence-corrected chi connectivity index (χ4v) is 1.40. The second-order valence-corrected chi connectivity index (χ2v) is 3.62. The van der Waals surface area contributed by atoms with E-state index in [0.717, 1.165) is 6.42 Å². The second kappa shape index (κ2) is 4.58. The molecular formula is C10H13ClFN. The average Bonchev–Trinajstić information content (AvgIpc) is 2.03. The maximum atomic E-state index is 13.2. The Labute approximate surface area is 82.7 Å². The maximum Gasteiger partial charge on any atom is 0.127 e. The van der Waals surface area contributed by atoms with Crippen LogP contribution < -0.4 is 5.73 Å². The molecule has 1 unspecified atom stereocenters. The van der Waals surface area contributed by atoms with Gasteiger partial charge in [-0.05, 0) is 31.9 Å². The Balaban J connectivity index is 2.75. The van der Waals surface area contributed by atoms with Gasteiger partial charge in [0.15, 0.2) is 0 Å². The Morgan fingerprint density at radius 2 is 2.23 bits per heavy atom. The van der Waals surface area contributed by atoms with Crippen molar-refractivity contribution in [3.8, 4) is 0 Å². The van der Waals surface area contributed by atoms with Crippen molar-refractivity contribution in [1.29, 1.82) is 0 Å². The third-order valence-electron chi connectivity index (χ3n) is 1.91. The minimum atomic E-state index is -0.242. The van der Waals surface area contributed by atoms with Crippen LogP contribution in [0.5, 0.6) is 0 Å². The van der Waals surface area contributed by atoms with Crippen LogP contribution in [0.3, 0.4) is 0 Å². The molecule has 2 N–H and O–H groups in total. The van der Waals surface area contributed by atoms with Crippen LogP contribution in [0.25, 0.3) is 0 Å². The molecule has 0 spiro atoms. The molecule has 1 atom stereocenters. The average molecular weight is 202 g/mol. The lowest BCUT2D eigenvalue weighted by Gasteiger charge is -2.07. The first-order valence-electron chi connectivity index (χ1n) is 4.29. The Kier molecular flexibility index (Phi) is 3.70. The van der Waals surface area contributed by atoms with Gasteiger partial charge >= 0.3 is 0 Å². The zero-order valence-corrected chi connectivity index (χ0v) is 8.31. The van der Waals surface area contributed by atoms with Crippen LogP contribution in [0.4, 0.5) is 4.39 Å². The summed E-state index contributed by atoms with van der Waals surface area (Å²) in [5.41, 5.74) is 6.15. The van der Waals surface area contributed by atoms with E-state index in [1.807, 2.05) is 6.92 Å². The quantitative estimate of drug-likeness (QED) is 0.800. The van der Waals surface area contributed by atoms with Gasteiger partial charge in [-0.25, -0.2) is 4.39 Å². The molecule has 13 heavy (non-hydrogen) atoms. The van der Waals surface area contributed by atoms with Gasteiger partial charge in [0, 0.05) is 16.6 Å². The van der Waals surface area contributed by atoms with Gasteiger partial charge in [0.1, 0.15) is 5.82 Å². The largest absolute Gasteiger partial charge is 0.328 e. The smallest absolute Gasteiger partial charge is 0.127 e. The number of rotatable bonds is 3. The van der Waals surface area contributed by atoms with Gasteiger partial charge in [-0.15, -0.1) is 0 Å². The number of benzene rings is 1. The molecule has 1 aromatic rings. The van der Waals surface area contributed by atoms with Gasteiger partial charge in [0.05, 0.1) is 0 Å². The van der Waals surface area contributed by atoms with Crippen LogP contribution in [0.1, 0.15) is 18.9 Å². The third kappa shape index (κ3) is 2.98. The van der Waals surface area contributed by atoms with Crippen LogP contribution in [0, 0.1) is 5.82 Å². The fraction of sp³-hybridized carbons (Fsp3) is 0.400. The lowest BCUT2D eigenvalue weighted by atomic mass is 10.1. The predicted octanol–water partition coefficient (Wildman–Crippen LogP) is 2.76. The van der Waals surface area contributed by atoms with Crippen molar-refractivity contribution >= 4 is 11.6 Å². The summed E-state index contributed by atoms with van der Waals surface area (Å²) in [6.45, 7) is 1.90. The highest BCUT2D eigenvalue weighted by atomic mass is 35.5. The highest BCUT2D eigenvalue weighted by molar-refractivity contribution is 6.31. The molecule has 0 amide bonds. The highest BCUT2D eigenvalue weighted by Crippen LogP contribution is 2.20. The zero-order chi connectivity index (χ0) is 9.84. The molecular weight excluding hydrogens is 189 g/mol. The Hall–Kier alpha value is -0.600. The summed E-state index contributed by atoms with van der Waals surface area (Å²) in [6, 6.07) is 4.80. The van der Waals surface area contributed by atoms with Gasteiger partial charge in [-0.1, -0.05) is 17.7 Å². The summed E-state index contributed by atoms with van der Waals surface area (Å²) in [6.07, 6.45) is 1.35. The molecule has 1 rings (SSSR count). The first kappa shape index (κ1) is 10.5. The van der Waals surface area contributed by atoms with E-state index in [9.17, 15) is 4.39 Å². The molecule has 0 aliphatic rings. The van der Waals surface area contributed by atoms with Gasteiger partial charge in [0.25, 0.3) is 0 Å². The molecule has 1 nitrogen and oxygen atoms in total. The Morgan fingerprint density at radius 3 is 2.77 bits per heavy atom. The standard InChI is InChI=1S/C10H13ClFN/c1-7(13)5-6-8-9(11)3-2-4-10(8)12/h2-4,7H,5-6,13H2,1H3. The molecule has 0 radical (unpaired) electrons. The van der Waals surface area contributed by atoms with E-state index in [2.05, 4.69) is 0 Å². The number of hydrogen-bond acceptors (Lipinski definition) is 1. The van der Waals surface area contributed by atoms with Crippen molar-refractivity contribution in [2.75, 3.05) is 0 Å². The van der Waals surface area contributed by atoms with Gasteiger partial charge in [0.2, 0.25) is 0 Å². The molecule has 1 aromatic carbocycles. The summed E-state index contributed by atoms with van der Waals surface area (Å²) in [5.74, 6) is -0.242. The van der Waals surface area contributed by atoms with Gasteiger partial charge < -0.3 is 5.73 Å². The van der Waals surface area contributed by atoms with E-state index in [4.69, 9.17) is 17.3 Å². The predicted molar refractivity (Wildman–Crippen MR) is 53.4 cm³/mol. The van der Waals surface area contributed by atoms with Crippen LogP contribution in [-0.4, -0.2) is 6.04 Å². The SMILES string of the molecule is CC(N)CCc1c(F)cccc1Cl. The monoisotopic (exact) mass is 201 g/mol. The first-order chi connectivity index (χ1) is 6.11. The summed E-state index contributed by atoms with van der Waals surface area (Å²) in [7, 11) is 0. The molecule has 0 saturated heterocycles. The van der Waals surface area contributed by atoms with Crippen LogP contribution in [0.15, 0.2) is 18.2 Å². The molecule has 0 heterocycles. The van der Waals surface area contributed by atoms with E-state index < -0.39 is 0 Å². The number of halogens is 2. The van der Waals surface area contributed by atoms with E-state index in [1.165, 1.54) is 6.07 Å². The maximum absolute atomic E-state index is 13.2. The van der Waals surface area contributed by atoms with Crippen molar-refractivity contribution in [3.05, 3.63) is 34.6 Å². The van der Waals surface area contributed by atoms with Gasteiger partial charge in [-0.2, -0.15) is 0 Å². The number of nitrogens with two attached hydrogens (primary N) is 1. The summed E-state index contributed by atoms with van der Waals surface area (Å²) in [5, 5.41) is 0.487. The molecule has 0 saturated carbocycles. The van der Waals surface area contributed by atoms with Crippen LogP contribution >= 0.6 is 11.6 Å². The minimum Gasteiger partial charge on any atom is -0.328 e. The molecule has 0 fully saturated rings. The van der Waals surface area contributed by atoms with Crippen LogP contribution in [0.2, 0.25) is 5.02 Å². The highest BCUT2D eigenvalue weighted by Gasteiger charge is 2.06. The molecule has 72 valence electrons. The Morgan fingerprint density at radius 1 is 1.54 bits per heavy atom. The lowest BCUT2D eigenvalue weighted by molar-refractivity contribution is 0.591. The number of hydrogen-bond donors (Lipinski definition) is 1. The molecule has 0 bridgehead atoms. The van der Waals surface area contributed by atoms with Crippen LogP contribution in [-0.2, 0) is 6.42 Å². The fourth-order valence-electron chi connectivity index (χ4n) is 1.14. The zero-order valence-electron chi connectivity index (χ0n) is 7.56. The van der Waals surface area contributed by atoms with E-state index in [-0.39, 0.29) is 11.9 Å². The molecule has 0 aliphatic heterocycles. The molecule has 3 heteroatoms. The minimum absolute atomic E-state index is 0.0793. The topological polar surface area (TPSA) is 26.0 Å². The Bertz CT molecular complexity index is 266. The lowest BCUT2D eigenvalue weighted by Crippen LogP contribution is -2.15. The van der Waals surface area contributed by atoms with Crippen molar-refractivity contribution in [2.24, 2.45) is 5.73 Å². The van der Waals surface area contributed by atoms with Gasteiger partial charge in [-0.3, -0.25) is 0 Å².